The highest BCUT2D eigenvalue weighted by Crippen LogP contribution is 2.35. The molecule has 0 aromatic carbocycles. The molecule has 0 unspecified atom stereocenters. The molecular weight excluding hydrogens is 383 g/mol. The fourth-order valence-corrected chi connectivity index (χ4v) is 4.74. The van der Waals surface area contributed by atoms with Crippen molar-refractivity contribution in [3.8, 4) is 11.3 Å². The second-order valence-electron chi connectivity index (χ2n) is 8.20. The van der Waals surface area contributed by atoms with Crippen LogP contribution in [0.1, 0.15) is 36.6 Å². The molecule has 0 spiro atoms. The molecule has 6 nitrogen and oxygen atoms in total. The van der Waals surface area contributed by atoms with Gasteiger partial charge in [-0.05, 0) is 43.9 Å². The third kappa shape index (κ3) is 3.41. The maximum atomic E-state index is 13.5. The maximum absolute atomic E-state index is 13.5. The molecule has 29 heavy (non-hydrogen) atoms. The molecule has 0 radical (unpaired) electrons. The number of nitrogens with zero attached hydrogens (tertiary/aromatic N) is 4. The van der Waals surface area contributed by atoms with Gasteiger partial charge in [0.25, 0.3) is 5.56 Å². The van der Waals surface area contributed by atoms with E-state index in [0.29, 0.717) is 31.1 Å². The highest BCUT2D eigenvalue weighted by Gasteiger charge is 2.35. The lowest BCUT2D eigenvalue weighted by Crippen LogP contribution is -2.44. The van der Waals surface area contributed by atoms with Crippen LogP contribution in [-0.2, 0) is 12.7 Å². The molecule has 5 heterocycles. The average molecular weight is 405 g/mol. The van der Waals surface area contributed by atoms with E-state index in [-0.39, 0.29) is 23.1 Å². The normalized spacial score (nSPS) is 23.9. The predicted molar refractivity (Wildman–Crippen MR) is 102 cm³/mol. The average Bonchev–Trinajstić information content (AvgIpc) is 3.23. The van der Waals surface area contributed by atoms with E-state index in [9.17, 15) is 18.0 Å². The van der Waals surface area contributed by atoms with Crippen molar-refractivity contribution in [2.45, 2.75) is 37.9 Å². The zero-order valence-electron chi connectivity index (χ0n) is 15.9. The number of pyridine rings is 1. The first-order valence-electron chi connectivity index (χ1n) is 10.1. The first-order valence-corrected chi connectivity index (χ1v) is 10.1. The van der Waals surface area contributed by atoms with Gasteiger partial charge in [0, 0.05) is 49.4 Å². The Morgan fingerprint density at radius 1 is 1.07 bits per heavy atom. The fourth-order valence-electron chi connectivity index (χ4n) is 4.74. The molecule has 3 aliphatic rings. The molecule has 2 fully saturated rings. The van der Waals surface area contributed by atoms with Gasteiger partial charge < -0.3 is 14.8 Å². The van der Waals surface area contributed by atoms with Crippen LogP contribution in [0.3, 0.4) is 0 Å². The van der Waals surface area contributed by atoms with Crippen LogP contribution in [0, 0.1) is 5.92 Å². The highest BCUT2D eigenvalue weighted by molar-refractivity contribution is 5.62. The van der Waals surface area contributed by atoms with Crippen LogP contribution in [0.15, 0.2) is 23.0 Å². The fraction of sp³-hybridized carbons (Fsp3) is 0.550. The summed E-state index contributed by atoms with van der Waals surface area (Å²) in [5.41, 5.74) is 0.315. The van der Waals surface area contributed by atoms with E-state index in [1.165, 1.54) is 6.07 Å². The van der Waals surface area contributed by atoms with E-state index >= 15 is 0 Å². The molecule has 2 aromatic rings. The van der Waals surface area contributed by atoms with Gasteiger partial charge in [-0.25, -0.2) is 9.97 Å². The zero-order valence-corrected chi connectivity index (χ0v) is 15.9. The number of piperidine rings is 1. The Bertz CT molecular complexity index is 997. The van der Waals surface area contributed by atoms with Gasteiger partial charge in [0.2, 0.25) is 5.95 Å². The summed E-state index contributed by atoms with van der Waals surface area (Å²) < 4.78 is 42.2. The van der Waals surface area contributed by atoms with Gasteiger partial charge in [-0.15, -0.1) is 0 Å². The minimum absolute atomic E-state index is 0.0875. The van der Waals surface area contributed by atoms with Crippen molar-refractivity contribution in [3.05, 3.63) is 39.9 Å². The number of hydrogen-bond donors (Lipinski definition) is 1. The van der Waals surface area contributed by atoms with Crippen LogP contribution in [-0.4, -0.2) is 40.7 Å². The van der Waals surface area contributed by atoms with Crippen LogP contribution >= 0.6 is 0 Å². The SMILES string of the molecule is O=c1cc(-c2cc(C(F)(F)F)nc(N3CCCC3)n2)cc2n1C[C@@H]1CNC[C@H]2C1. The smallest absolute Gasteiger partial charge is 0.341 e. The van der Waals surface area contributed by atoms with Gasteiger partial charge in [-0.1, -0.05) is 0 Å². The van der Waals surface area contributed by atoms with E-state index in [0.717, 1.165) is 44.1 Å². The number of hydrogen-bond acceptors (Lipinski definition) is 5. The van der Waals surface area contributed by atoms with Gasteiger partial charge in [0.15, 0.2) is 5.69 Å². The number of halogens is 3. The predicted octanol–water partition coefficient (Wildman–Crippen LogP) is 2.63. The number of fused-ring (bicyclic) bond motifs is 4. The Morgan fingerprint density at radius 2 is 1.86 bits per heavy atom. The molecule has 2 bridgehead atoms. The van der Waals surface area contributed by atoms with Crippen LogP contribution in [0.5, 0.6) is 0 Å². The molecule has 9 heteroatoms. The molecule has 3 aliphatic heterocycles. The molecule has 0 amide bonds. The van der Waals surface area contributed by atoms with Gasteiger partial charge in [0.05, 0.1) is 5.69 Å². The first-order chi connectivity index (χ1) is 13.9. The molecule has 0 saturated carbocycles. The minimum atomic E-state index is -4.57. The monoisotopic (exact) mass is 405 g/mol. The van der Waals surface area contributed by atoms with Crippen LogP contribution in [0.25, 0.3) is 11.3 Å². The molecule has 5 rings (SSSR count). The van der Waals surface area contributed by atoms with Crippen molar-refractivity contribution in [2.75, 3.05) is 31.1 Å². The second-order valence-corrected chi connectivity index (χ2v) is 8.20. The van der Waals surface area contributed by atoms with E-state index in [2.05, 4.69) is 15.3 Å². The van der Waals surface area contributed by atoms with E-state index in [1.54, 1.807) is 9.47 Å². The number of nitrogens with one attached hydrogen (secondary N) is 1. The summed E-state index contributed by atoms with van der Waals surface area (Å²) in [5, 5.41) is 3.39. The zero-order chi connectivity index (χ0) is 20.2. The first kappa shape index (κ1) is 18.6. The molecular formula is C20H22F3N5O. The molecule has 2 saturated heterocycles. The lowest BCUT2D eigenvalue weighted by atomic mass is 9.83. The Kier molecular flexibility index (Phi) is 4.38. The van der Waals surface area contributed by atoms with Crippen molar-refractivity contribution in [1.82, 2.24) is 19.9 Å². The summed E-state index contributed by atoms with van der Waals surface area (Å²) in [4.78, 5) is 22.7. The standard InChI is InChI=1S/C20H22F3N5O/c21-20(22,23)17-8-15(25-19(26-17)27-3-1-2-4-27)13-6-16-14-5-12(9-24-10-14)11-28(16)18(29)7-13/h6-8,12,14,24H,1-5,9-11H2/t12-,14+/m0/s1. The quantitative estimate of drug-likeness (QED) is 0.832. The maximum Gasteiger partial charge on any atom is 0.433 e. The topological polar surface area (TPSA) is 63.1 Å². The van der Waals surface area contributed by atoms with Gasteiger partial charge >= 0.3 is 6.18 Å². The largest absolute Gasteiger partial charge is 0.433 e. The summed E-state index contributed by atoms with van der Waals surface area (Å²) >= 11 is 0. The number of rotatable bonds is 2. The Labute approximate surface area is 165 Å². The van der Waals surface area contributed by atoms with Gasteiger partial charge in [-0.2, -0.15) is 13.2 Å². The number of anilines is 1. The Balaban J connectivity index is 1.63. The van der Waals surface area contributed by atoms with E-state index in [4.69, 9.17) is 0 Å². The van der Waals surface area contributed by atoms with Crippen molar-refractivity contribution in [3.63, 3.8) is 0 Å². The molecule has 1 N–H and O–H groups in total. The number of aromatic nitrogens is 3. The van der Waals surface area contributed by atoms with Gasteiger partial charge in [0.1, 0.15) is 0 Å². The van der Waals surface area contributed by atoms with Crippen LogP contribution in [0.4, 0.5) is 19.1 Å². The summed E-state index contributed by atoms with van der Waals surface area (Å²) in [7, 11) is 0. The molecule has 2 atom stereocenters. The highest BCUT2D eigenvalue weighted by atomic mass is 19.4. The summed E-state index contributed by atoms with van der Waals surface area (Å²) in [5.74, 6) is 0.698. The lowest BCUT2D eigenvalue weighted by molar-refractivity contribution is -0.141. The van der Waals surface area contributed by atoms with E-state index < -0.39 is 11.9 Å². The molecule has 0 aliphatic carbocycles. The van der Waals surface area contributed by atoms with Gasteiger partial charge in [-0.3, -0.25) is 4.79 Å². The second kappa shape index (κ2) is 6.83. The molecule has 154 valence electrons. The third-order valence-corrected chi connectivity index (χ3v) is 6.15. The molecule has 2 aromatic heterocycles. The van der Waals surface area contributed by atoms with Crippen molar-refractivity contribution in [2.24, 2.45) is 5.92 Å². The Morgan fingerprint density at radius 3 is 2.62 bits per heavy atom. The Hall–Kier alpha value is -2.42. The summed E-state index contributed by atoms with van der Waals surface area (Å²) in [6.45, 7) is 3.60. The van der Waals surface area contributed by atoms with Crippen LogP contribution < -0.4 is 15.8 Å². The minimum Gasteiger partial charge on any atom is -0.341 e. The lowest BCUT2D eigenvalue weighted by Gasteiger charge is -2.37. The third-order valence-electron chi connectivity index (χ3n) is 6.15. The van der Waals surface area contributed by atoms with Crippen molar-refractivity contribution in [1.29, 1.82) is 0 Å². The van der Waals surface area contributed by atoms with Crippen LogP contribution in [0.2, 0.25) is 0 Å². The van der Waals surface area contributed by atoms with Crippen molar-refractivity contribution < 1.29 is 13.2 Å². The summed E-state index contributed by atoms with van der Waals surface area (Å²) in [6, 6.07) is 4.20. The number of alkyl halides is 3. The van der Waals surface area contributed by atoms with Crippen molar-refractivity contribution >= 4 is 5.95 Å². The summed E-state index contributed by atoms with van der Waals surface area (Å²) in [6.07, 6.45) is -1.77. The van der Waals surface area contributed by atoms with E-state index in [1.807, 2.05) is 6.07 Å².